The number of likely N-dealkylation sites (tertiary alicyclic amines) is 1. The highest BCUT2D eigenvalue weighted by atomic mass is 16.5. The van der Waals surface area contributed by atoms with E-state index in [1.807, 2.05) is 22.8 Å². The molecule has 2 aromatic heterocycles. The maximum absolute atomic E-state index is 12.0. The molecule has 0 bridgehead atoms. The maximum Gasteiger partial charge on any atom is 0.411 e. The average molecular weight is 352 g/mol. The van der Waals surface area contributed by atoms with E-state index in [2.05, 4.69) is 32.4 Å². The van der Waals surface area contributed by atoms with Crippen molar-refractivity contribution in [2.24, 2.45) is 0 Å². The van der Waals surface area contributed by atoms with Crippen LogP contribution in [0.4, 0.5) is 10.6 Å². The zero-order chi connectivity index (χ0) is 17.9. The molecule has 1 saturated heterocycles. The maximum atomic E-state index is 12.0. The molecule has 0 aliphatic carbocycles. The zero-order valence-corrected chi connectivity index (χ0v) is 14.5. The van der Waals surface area contributed by atoms with Gasteiger partial charge >= 0.3 is 6.09 Å². The summed E-state index contributed by atoms with van der Waals surface area (Å²) in [5.41, 5.74) is 2.56. The molecule has 3 heterocycles. The van der Waals surface area contributed by atoms with Gasteiger partial charge in [-0.15, -0.1) is 0 Å². The first-order chi connectivity index (χ1) is 12.8. The molecule has 0 saturated carbocycles. The smallest absolute Gasteiger partial charge is 0.411 e. The molecule has 1 aliphatic rings. The summed E-state index contributed by atoms with van der Waals surface area (Å²) in [5, 5.41) is 3.32. The highest BCUT2D eigenvalue weighted by Gasteiger charge is 2.32. The summed E-state index contributed by atoms with van der Waals surface area (Å²) in [5.74, 6) is 0.681. The monoisotopic (exact) mass is 352 g/mol. The molecule has 8 heteroatoms. The van der Waals surface area contributed by atoms with E-state index in [1.54, 1.807) is 11.2 Å². The Kier molecular flexibility index (Phi) is 4.39. The third kappa shape index (κ3) is 2.94. The Morgan fingerprint density at radius 1 is 1.27 bits per heavy atom. The van der Waals surface area contributed by atoms with E-state index in [0.717, 1.165) is 18.4 Å². The van der Waals surface area contributed by atoms with Gasteiger partial charge in [-0.25, -0.2) is 19.7 Å². The molecule has 1 unspecified atom stereocenters. The van der Waals surface area contributed by atoms with Crippen molar-refractivity contribution < 1.29 is 9.53 Å². The Morgan fingerprint density at radius 2 is 2.12 bits per heavy atom. The number of ether oxygens (including phenoxy) is 1. The van der Waals surface area contributed by atoms with Gasteiger partial charge in [-0.3, -0.25) is 9.47 Å². The van der Waals surface area contributed by atoms with E-state index < -0.39 is 0 Å². The van der Waals surface area contributed by atoms with Crippen molar-refractivity contribution in [1.82, 2.24) is 24.4 Å². The molecule has 1 N–H and O–H groups in total. The van der Waals surface area contributed by atoms with Gasteiger partial charge < -0.3 is 10.1 Å². The lowest BCUT2D eigenvalue weighted by Crippen LogP contribution is -2.33. The predicted molar refractivity (Wildman–Crippen MR) is 96.5 cm³/mol. The van der Waals surface area contributed by atoms with Crippen molar-refractivity contribution in [1.29, 1.82) is 0 Å². The SMILES string of the molecule is COC(=O)N1CCCC1n1cnc2c(NCc3ccccc3)ncnc21. The summed E-state index contributed by atoms with van der Waals surface area (Å²) < 4.78 is 6.82. The summed E-state index contributed by atoms with van der Waals surface area (Å²) in [6, 6.07) is 10.1. The summed E-state index contributed by atoms with van der Waals surface area (Å²) in [6.07, 6.45) is 4.54. The van der Waals surface area contributed by atoms with Crippen molar-refractivity contribution in [3.05, 3.63) is 48.5 Å². The number of methoxy groups -OCH3 is 1. The first-order valence-electron chi connectivity index (χ1n) is 8.58. The topological polar surface area (TPSA) is 85.2 Å². The summed E-state index contributed by atoms with van der Waals surface area (Å²) in [7, 11) is 1.40. The van der Waals surface area contributed by atoms with Gasteiger partial charge in [0.15, 0.2) is 11.5 Å². The number of hydrogen-bond acceptors (Lipinski definition) is 6. The second-order valence-electron chi connectivity index (χ2n) is 6.17. The van der Waals surface area contributed by atoms with Crippen LogP contribution < -0.4 is 5.32 Å². The highest BCUT2D eigenvalue weighted by Crippen LogP contribution is 2.31. The first-order valence-corrected chi connectivity index (χ1v) is 8.58. The van der Waals surface area contributed by atoms with Crippen molar-refractivity contribution in [2.45, 2.75) is 25.6 Å². The van der Waals surface area contributed by atoms with E-state index in [1.165, 1.54) is 13.4 Å². The number of amides is 1. The fourth-order valence-electron chi connectivity index (χ4n) is 3.35. The van der Waals surface area contributed by atoms with Crippen LogP contribution in [0.1, 0.15) is 24.6 Å². The number of rotatable bonds is 4. The Balaban J connectivity index is 1.62. The molecule has 1 atom stereocenters. The minimum atomic E-state index is -0.328. The summed E-state index contributed by atoms with van der Waals surface area (Å²) >= 11 is 0. The number of carbonyl (C=O) groups excluding carboxylic acids is 1. The second kappa shape index (κ2) is 6.99. The summed E-state index contributed by atoms with van der Waals surface area (Å²) in [4.78, 5) is 26.9. The van der Waals surface area contributed by atoms with Crippen LogP contribution in [0.25, 0.3) is 11.2 Å². The van der Waals surface area contributed by atoms with Crippen LogP contribution in [-0.2, 0) is 11.3 Å². The van der Waals surface area contributed by atoms with Crippen LogP contribution >= 0.6 is 0 Å². The molecule has 8 nitrogen and oxygen atoms in total. The van der Waals surface area contributed by atoms with Gasteiger partial charge in [0.05, 0.1) is 13.4 Å². The lowest BCUT2D eigenvalue weighted by molar-refractivity contribution is 0.105. The van der Waals surface area contributed by atoms with Crippen LogP contribution in [0.3, 0.4) is 0 Å². The average Bonchev–Trinajstić information content (AvgIpc) is 3.33. The lowest BCUT2D eigenvalue weighted by Gasteiger charge is -2.24. The van der Waals surface area contributed by atoms with Crippen LogP contribution in [0.15, 0.2) is 43.0 Å². The molecule has 26 heavy (non-hydrogen) atoms. The van der Waals surface area contributed by atoms with Gasteiger partial charge in [0.25, 0.3) is 0 Å². The molecular weight excluding hydrogens is 332 g/mol. The minimum Gasteiger partial charge on any atom is -0.453 e. The van der Waals surface area contributed by atoms with Gasteiger partial charge in [0.1, 0.15) is 18.0 Å². The third-order valence-corrected chi connectivity index (χ3v) is 4.61. The normalized spacial score (nSPS) is 16.8. The quantitative estimate of drug-likeness (QED) is 0.777. The second-order valence-corrected chi connectivity index (χ2v) is 6.17. The lowest BCUT2D eigenvalue weighted by atomic mass is 10.2. The zero-order valence-electron chi connectivity index (χ0n) is 14.5. The van der Waals surface area contributed by atoms with Crippen LogP contribution in [0.2, 0.25) is 0 Å². The minimum absolute atomic E-state index is 0.135. The van der Waals surface area contributed by atoms with Crippen molar-refractivity contribution >= 4 is 23.1 Å². The molecular formula is C18H20N6O2. The molecule has 4 rings (SSSR count). The molecule has 1 amide bonds. The van der Waals surface area contributed by atoms with Crippen molar-refractivity contribution in [3.8, 4) is 0 Å². The van der Waals surface area contributed by atoms with Crippen molar-refractivity contribution in [3.63, 3.8) is 0 Å². The Hall–Kier alpha value is -3.16. The number of imidazole rings is 1. The van der Waals surface area contributed by atoms with E-state index in [9.17, 15) is 4.79 Å². The van der Waals surface area contributed by atoms with Crippen LogP contribution in [-0.4, -0.2) is 44.2 Å². The van der Waals surface area contributed by atoms with Crippen LogP contribution in [0, 0.1) is 0 Å². The number of hydrogen-bond donors (Lipinski definition) is 1. The number of anilines is 1. The third-order valence-electron chi connectivity index (χ3n) is 4.61. The Bertz CT molecular complexity index is 910. The van der Waals surface area contributed by atoms with Crippen LogP contribution in [0.5, 0.6) is 0 Å². The van der Waals surface area contributed by atoms with Gasteiger partial charge in [-0.2, -0.15) is 0 Å². The molecule has 1 aromatic carbocycles. The molecule has 1 fully saturated rings. The fraction of sp³-hybridized carbons (Fsp3) is 0.333. The number of nitrogens with one attached hydrogen (secondary N) is 1. The van der Waals surface area contributed by atoms with Gasteiger partial charge in [0, 0.05) is 13.1 Å². The number of benzene rings is 1. The van der Waals surface area contributed by atoms with Gasteiger partial charge in [0.2, 0.25) is 0 Å². The number of carbonyl (C=O) groups is 1. The number of fused-ring (bicyclic) bond motifs is 1. The van der Waals surface area contributed by atoms with E-state index in [0.29, 0.717) is 30.1 Å². The Morgan fingerprint density at radius 3 is 2.92 bits per heavy atom. The van der Waals surface area contributed by atoms with Crippen molar-refractivity contribution in [2.75, 3.05) is 19.0 Å². The van der Waals surface area contributed by atoms with E-state index in [-0.39, 0.29) is 12.3 Å². The van der Waals surface area contributed by atoms with E-state index in [4.69, 9.17) is 4.74 Å². The van der Waals surface area contributed by atoms with Gasteiger partial charge in [-0.05, 0) is 18.4 Å². The molecule has 0 radical (unpaired) electrons. The summed E-state index contributed by atoms with van der Waals surface area (Å²) in [6.45, 7) is 1.32. The Labute approximate surface area is 150 Å². The highest BCUT2D eigenvalue weighted by molar-refractivity contribution is 5.82. The van der Waals surface area contributed by atoms with E-state index >= 15 is 0 Å². The predicted octanol–water partition coefficient (Wildman–Crippen LogP) is 2.80. The molecule has 0 spiro atoms. The first kappa shape index (κ1) is 16.3. The fourth-order valence-corrected chi connectivity index (χ4v) is 3.35. The standard InChI is InChI=1S/C18H20N6O2/c1-26-18(25)23-9-5-8-14(23)24-12-22-15-16(20-11-21-17(15)24)19-10-13-6-3-2-4-7-13/h2-4,6-7,11-12,14H,5,8-10H2,1H3,(H,19,20,21). The molecule has 1 aliphatic heterocycles. The molecule has 3 aromatic rings. The molecule has 134 valence electrons. The van der Waals surface area contributed by atoms with Gasteiger partial charge in [-0.1, -0.05) is 30.3 Å². The number of aromatic nitrogens is 4. The number of nitrogens with zero attached hydrogens (tertiary/aromatic N) is 5. The largest absolute Gasteiger partial charge is 0.453 e.